The molecule has 1 rings (SSSR count). The highest BCUT2D eigenvalue weighted by molar-refractivity contribution is 5.83. The average molecular weight is 186 g/mol. The normalized spacial score (nSPS) is 11.0. The topological polar surface area (TPSA) is 42.0 Å². The molecule has 0 spiro atoms. The number of likely N-dealkylation sites (N-methyl/N-ethyl adjacent to an activating group) is 1. The van der Waals surface area contributed by atoms with E-state index in [1.54, 1.807) is 0 Å². The summed E-state index contributed by atoms with van der Waals surface area (Å²) in [7, 11) is 1.15. The van der Waals surface area contributed by atoms with Crippen LogP contribution in [0.1, 0.15) is 5.69 Å². The highest BCUT2D eigenvalue weighted by atomic mass is 19.3. The van der Waals surface area contributed by atoms with E-state index in [-0.39, 0.29) is 0 Å². The number of aromatic nitrogens is 1. The van der Waals surface area contributed by atoms with Crippen LogP contribution in [0.2, 0.25) is 0 Å². The molecule has 0 bridgehead atoms. The van der Waals surface area contributed by atoms with Crippen LogP contribution in [0.3, 0.4) is 0 Å². The summed E-state index contributed by atoms with van der Waals surface area (Å²) in [5.41, 5.74) is -0.547. The zero-order valence-corrected chi connectivity index (χ0v) is 6.92. The Bertz CT molecular complexity index is 300. The van der Waals surface area contributed by atoms with Gasteiger partial charge in [0.05, 0.1) is 0 Å². The van der Waals surface area contributed by atoms with Crippen molar-refractivity contribution in [3.05, 3.63) is 30.1 Å². The van der Waals surface area contributed by atoms with Crippen molar-refractivity contribution < 1.29 is 13.6 Å². The molecular formula is C8H8F2N2O. The van der Waals surface area contributed by atoms with Crippen LogP contribution in [-0.4, -0.2) is 17.9 Å². The van der Waals surface area contributed by atoms with E-state index in [1.165, 1.54) is 18.3 Å². The largest absolute Gasteiger partial charge is 0.366 e. The van der Waals surface area contributed by atoms with Gasteiger partial charge in [-0.15, -0.1) is 0 Å². The number of halogens is 2. The van der Waals surface area contributed by atoms with Crippen molar-refractivity contribution in [2.24, 2.45) is 0 Å². The van der Waals surface area contributed by atoms with E-state index in [0.717, 1.165) is 13.1 Å². The molecule has 0 saturated carbocycles. The van der Waals surface area contributed by atoms with Crippen LogP contribution in [0.4, 0.5) is 8.78 Å². The van der Waals surface area contributed by atoms with E-state index in [9.17, 15) is 13.6 Å². The maximum Gasteiger partial charge on any atom is 0.366 e. The van der Waals surface area contributed by atoms with E-state index in [0.29, 0.717) is 0 Å². The summed E-state index contributed by atoms with van der Waals surface area (Å²) in [6.45, 7) is 0. The van der Waals surface area contributed by atoms with Crippen molar-refractivity contribution in [2.45, 2.75) is 5.92 Å². The second-order valence-corrected chi connectivity index (χ2v) is 2.37. The lowest BCUT2D eigenvalue weighted by atomic mass is 10.2. The van der Waals surface area contributed by atoms with E-state index in [2.05, 4.69) is 4.98 Å². The summed E-state index contributed by atoms with van der Waals surface area (Å²) in [5.74, 6) is -4.91. The van der Waals surface area contributed by atoms with Gasteiger partial charge in [0.25, 0.3) is 5.91 Å². The average Bonchev–Trinajstić information content (AvgIpc) is 2.18. The van der Waals surface area contributed by atoms with Gasteiger partial charge in [-0.2, -0.15) is 8.78 Å². The number of nitrogens with one attached hydrogen (secondary N) is 1. The SMILES string of the molecule is CNC(=O)C(F)(F)c1ccccn1. The van der Waals surface area contributed by atoms with Crippen LogP contribution in [-0.2, 0) is 10.7 Å². The van der Waals surface area contributed by atoms with Crippen LogP contribution >= 0.6 is 0 Å². The molecule has 3 nitrogen and oxygen atoms in total. The van der Waals surface area contributed by atoms with Crippen LogP contribution in [0, 0.1) is 0 Å². The standard InChI is InChI=1S/C8H8F2N2O/c1-11-7(13)8(9,10)6-4-2-3-5-12-6/h2-5H,1H3,(H,11,13). The van der Waals surface area contributed by atoms with Gasteiger partial charge >= 0.3 is 5.92 Å². The van der Waals surface area contributed by atoms with Gasteiger partial charge in [0, 0.05) is 13.2 Å². The van der Waals surface area contributed by atoms with Crippen molar-refractivity contribution in [3.8, 4) is 0 Å². The molecular weight excluding hydrogens is 178 g/mol. The zero-order chi connectivity index (χ0) is 9.90. The molecule has 0 radical (unpaired) electrons. The Balaban J connectivity index is 3.00. The lowest BCUT2D eigenvalue weighted by molar-refractivity contribution is -0.146. The van der Waals surface area contributed by atoms with Gasteiger partial charge in [-0.1, -0.05) is 6.07 Å². The zero-order valence-electron chi connectivity index (χ0n) is 6.92. The molecule has 0 unspecified atom stereocenters. The fourth-order valence-electron chi connectivity index (χ4n) is 0.822. The number of hydrogen-bond acceptors (Lipinski definition) is 2. The first-order valence-corrected chi connectivity index (χ1v) is 3.60. The number of pyridine rings is 1. The van der Waals surface area contributed by atoms with Crippen molar-refractivity contribution in [1.82, 2.24) is 10.3 Å². The number of amides is 1. The lowest BCUT2D eigenvalue weighted by Gasteiger charge is -2.12. The first kappa shape index (κ1) is 9.57. The van der Waals surface area contributed by atoms with Crippen molar-refractivity contribution in [3.63, 3.8) is 0 Å². The molecule has 1 aromatic rings. The second-order valence-electron chi connectivity index (χ2n) is 2.37. The molecule has 5 heteroatoms. The highest BCUT2D eigenvalue weighted by Gasteiger charge is 2.41. The molecule has 0 aliphatic rings. The minimum absolute atomic E-state index is 0.547. The number of nitrogens with zero attached hydrogens (tertiary/aromatic N) is 1. The summed E-state index contributed by atoms with van der Waals surface area (Å²) in [5, 5.41) is 1.87. The van der Waals surface area contributed by atoms with Crippen molar-refractivity contribution in [2.75, 3.05) is 7.05 Å². The summed E-state index contributed by atoms with van der Waals surface area (Å²) in [4.78, 5) is 14.1. The van der Waals surface area contributed by atoms with Crippen molar-refractivity contribution >= 4 is 5.91 Å². The van der Waals surface area contributed by atoms with Gasteiger partial charge in [-0.05, 0) is 12.1 Å². The lowest BCUT2D eigenvalue weighted by Crippen LogP contribution is -2.36. The summed E-state index contributed by atoms with van der Waals surface area (Å²) >= 11 is 0. The molecule has 0 aliphatic carbocycles. The monoisotopic (exact) mass is 186 g/mol. The minimum Gasteiger partial charge on any atom is -0.354 e. The van der Waals surface area contributed by atoms with Gasteiger partial charge in [0.2, 0.25) is 0 Å². The predicted octanol–water partition coefficient (Wildman–Crippen LogP) is 0.919. The van der Waals surface area contributed by atoms with Gasteiger partial charge in [-0.25, -0.2) is 0 Å². The summed E-state index contributed by atoms with van der Waals surface area (Å²) in [6.07, 6.45) is 1.21. The van der Waals surface area contributed by atoms with Gasteiger partial charge in [-0.3, -0.25) is 9.78 Å². The smallest absolute Gasteiger partial charge is 0.354 e. The third-order valence-corrected chi connectivity index (χ3v) is 1.50. The first-order valence-electron chi connectivity index (χ1n) is 3.60. The van der Waals surface area contributed by atoms with Crippen LogP contribution in [0.15, 0.2) is 24.4 Å². The van der Waals surface area contributed by atoms with Gasteiger partial charge in [0.15, 0.2) is 0 Å². The Morgan fingerprint density at radius 2 is 2.23 bits per heavy atom. The Morgan fingerprint density at radius 1 is 1.54 bits per heavy atom. The van der Waals surface area contributed by atoms with Crippen LogP contribution in [0.5, 0.6) is 0 Å². The van der Waals surface area contributed by atoms with E-state index in [1.807, 2.05) is 5.32 Å². The van der Waals surface area contributed by atoms with E-state index in [4.69, 9.17) is 0 Å². The number of carbonyl (C=O) groups is 1. The number of carbonyl (C=O) groups excluding carboxylic acids is 1. The highest BCUT2D eigenvalue weighted by Crippen LogP contribution is 2.25. The maximum absolute atomic E-state index is 13.1. The fraction of sp³-hybridized carbons (Fsp3) is 0.250. The quantitative estimate of drug-likeness (QED) is 0.746. The molecule has 0 aromatic carbocycles. The molecule has 13 heavy (non-hydrogen) atoms. The number of hydrogen-bond donors (Lipinski definition) is 1. The Hall–Kier alpha value is -1.52. The van der Waals surface area contributed by atoms with E-state index < -0.39 is 17.5 Å². The molecule has 1 N–H and O–H groups in total. The van der Waals surface area contributed by atoms with Crippen LogP contribution in [0.25, 0.3) is 0 Å². The maximum atomic E-state index is 13.1. The minimum atomic E-state index is -3.56. The Morgan fingerprint density at radius 3 is 2.69 bits per heavy atom. The predicted molar refractivity (Wildman–Crippen MR) is 42.2 cm³/mol. The third-order valence-electron chi connectivity index (χ3n) is 1.50. The number of alkyl halides is 2. The van der Waals surface area contributed by atoms with Crippen molar-refractivity contribution in [1.29, 1.82) is 0 Å². The first-order chi connectivity index (χ1) is 6.09. The fourth-order valence-corrected chi connectivity index (χ4v) is 0.822. The van der Waals surface area contributed by atoms with Gasteiger partial charge in [0.1, 0.15) is 5.69 Å². The summed E-state index contributed by atoms with van der Waals surface area (Å²) < 4.78 is 26.2. The molecule has 1 aromatic heterocycles. The third kappa shape index (κ3) is 1.80. The second kappa shape index (κ2) is 3.47. The molecule has 70 valence electrons. The molecule has 0 fully saturated rings. The molecule has 0 saturated heterocycles. The summed E-state index contributed by atoms with van der Waals surface area (Å²) in [6, 6.07) is 4.01. The molecule has 1 amide bonds. The Kier molecular flexibility index (Phi) is 2.55. The van der Waals surface area contributed by atoms with E-state index >= 15 is 0 Å². The number of rotatable bonds is 2. The van der Waals surface area contributed by atoms with Crippen LogP contribution < -0.4 is 5.32 Å². The Labute approximate surface area is 73.8 Å². The molecule has 0 atom stereocenters. The molecule has 0 aliphatic heterocycles. The molecule has 1 heterocycles. The van der Waals surface area contributed by atoms with Gasteiger partial charge < -0.3 is 5.32 Å².